The van der Waals surface area contributed by atoms with Gasteiger partial charge in [0.2, 0.25) is 0 Å². The van der Waals surface area contributed by atoms with Gasteiger partial charge in [-0.2, -0.15) is 0 Å². The molecule has 23 heavy (non-hydrogen) atoms. The first-order chi connectivity index (χ1) is 11.3. The molecule has 1 aliphatic rings. The Morgan fingerprint density at radius 2 is 2.04 bits per heavy atom. The zero-order valence-corrected chi connectivity index (χ0v) is 14.2. The highest BCUT2D eigenvalue weighted by Gasteiger charge is 2.10. The van der Waals surface area contributed by atoms with Crippen LogP contribution in [0.25, 0.3) is 0 Å². The van der Waals surface area contributed by atoms with Gasteiger partial charge in [0.15, 0.2) is 5.96 Å². The third kappa shape index (κ3) is 6.99. The number of nitrogens with zero attached hydrogens (tertiary/aromatic N) is 2. The summed E-state index contributed by atoms with van der Waals surface area (Å²) < 4.78 is 13.2. The Hall–Kier alpha value is -1.62. The third-order valence-electron chi connectivity index (χ3n) is 4.05. The van der Waals surface area contributed by atoms with Crippen LogP contribution < -0.4 is 10.6 Å². The van der Waals surface area contributed by atoms with Gasteiger partial charge in [0, 0.05) is 13.1 Å². The summed E-state index contributed by atoms with van der Waals surface area (Å²) in [6.45, 7) is 8.02. The number of guanidine groups is 1. The number of hydrogen-bond donors (Lipinski definition) is 2. The molecule has 5 heteroatoms. The Balaban J connectivity index is 1.68. The van der Waals surface area contributed by atoms with Gasteiger partial charge in [0.25, 0.3) is 0 Å². The Morgan fingerprint density at radius 3 is 2.78 bits per heavy atom. The van der Waals surface area contributed by atoms with E-state index in [4.69, 9.17) is 0 Å². The second-order valence-electron chi connectivity index (χ2n) is 6.01. The van der Waals surface area contributed by atoms with Gasteiger partial charge in [-0.3, -0.25) is 0 Å². The number of benzene rings is 1. The normalized spacial score (nSPS) is 15.8. The first-order valence-corrected chi connectivity index (χ1v) is 8.77. The summed E-state index contributed by atoms with van der Waals surface area (Å²) >= 11 is 0. The number of halogens is 1. The predicted molar refractivity (Wildman–Crippen MR) is 94.1 cm³/mol. The van der Waals surface area contributed by atoms with Crippen molar-refractivity contribution in [3.05, 3.63) is 35.6 Å². The summed E-state index contributed by atoms with van der Waals surface area (Å²) in [6.07, 6.45) is 5.07. The minimum Gasteiger partial charge on any atom is -0.357 e. The van der Waals surface area contributed by atoms with E-state index in [-0.39, 0.29) is 5.82 Å². The minimum absolute atomic E-state index is 0.211. The van der Waals surface area contributed by atoms with E-state index in [0.29, 0.717) is 6.54 Å². The zero-order chi connectivity index (χ0) is 16.3. The van der Waals surface area contributed by atoms with Crippen molar-refractivity contribution in [1.82, 2.24) is 15.5 Å². The molecule has 1 heterocycles. The van der Waals surface area contributed by atoms with E-state index in [1.807, 2.05) is 13.0 Å². The van der Waals surface area contributed by atoms with E-state index < -0.39 is 0 Å². The molecule has 0 spiro atoms. The van der Waals surface area contributed by atoms with Gasteiger partial charge in [0.1, 0.15) is 5.82 Å². The maximum Gasteiger partial charge on any atom is 0.191 e. The molecule has 128 valence electrons. The molecule has 0 aromatic heterocycles. The number of aliphatic imine (C=N–C) groups is 1. The van der Waals surface area contributed by atoms with E-state index in [2.05, 4.69) is 20.5 Å². The second kappa shape index (κ2) is 10.2. The molecule has 1 aliphatic heterocycles. The Kier molecular flexibility index (Phi) is 7.87. The summed E-state index contributed by atoms with van der Waals surface area (Å²) in [5.41, 5.74) is 0.885. The number of nitrogens with one attached hydrogen (secondary N) is 2. The van der Waals surface area contributed by atoms with Gasteiger partial charge >= 0.3 is 0 Å². The number of hydrogen-bond acceptors (Lipinski definition) is 2. The Labute approximate surface area is 139 Å². The van der Waals surface area contributed by atoms with E-state index in [0.717, 1.165) is 31.0 Å². The predicted octanol–water partition coefficient (Wildman–Crippen LogP) is 2.76. The highest BCUT2D eigenvalue weighted by Crippen LogP contribution is 2.08. The lowest BCUT2D eigenvalue weighted by atomic mass is 10.2. The molecule has 0 aliphatic carbocycles. The average Bonchev–Trinajstić information content (AvgIpc) is 3.05. The summed E-state index contributed by atoms with van der Waals surface area (Å²) in [5, 5.41) is 6.59. The van der Waals surface area contributed by atoms with Crippen LogP contribution in [0.1, 0.15) is 38.2 Å². The van der Waals surface area contributed by atoms with E-state index in [1.165, 1.54) is 51.0 Å². The molecule has 1 aromatic carbocycles. The van der Waals surface area contributed by atoms with Gasteiger partial charge < -0.3 is 15.5 Å². The van der Waals surface area contributed by atoms with Crippen LogP contribution in [0.5, 0.6) is 0 Å². The van der Waals surface area contributed by atoms with Crippen molar-refractivity contribution in [2.75, 3.05) is 32.7 Å². The summed E-state index contributed by atoms with van der Waals surface area (Å²) in [4.78, 5) is 7.06. The van der Waals surface area contributed by atoms with Crippen LogP contribution >= 0.6 is 0 Å². The molecule has 2 rings (SSSR count). The molecular formula is C18H29FN4. The maximum absolute atomic E-state index is 13.2. The summed E-state index contributed by atoms with van der Waals surface area (Å²) in [6, 6.07) is 6.60. The molecule has 1 aromatic rings. The standard InChI is InChI=1S/C18H29FN4/c1-2-20-18(22-15-16-8-7-9-17(19)14-16)21-10-3-4-11-23-12-5-6-13-23/h7-9,14H,2-6,10-13,15H2,1H3,(H2,20,21,22). The fourth-order valence-electron chi connectivity index (χ4n) is 2.82. The van der Waals surface area contributed by atoms with Gasteiger partial charge in [0.05, 0.1) is 6.54 Å². The Bertz CT molecular complexity index is 484. The van der Waals surface area contributed by atoms with Crippen molar-refractivity contribution in [2.45, 2.75) is 39.2 Å². The molecular weight excluding hydrogens is 291 g/mol. The van der Waals surface area contributed by atoms with Crippen molar-refractivity contribution >= 4 is 5.96 Å². The largest absolute Gasteiger partial charge is 0.357 e. The average molecular weight is 320 g/mol. The van der Waals surface area contributed by atoms with Crippen LogP contribution in [0.2, 0.25) is 0 Å². The van der Waals surface area contributed by atoms with E-state index >= 15 is 0 Å². The number of unbranched alkanes of at least 4 members (excludes halogenated alkanes) is 1. The Morgan fingerprint density at radius 1 is 1.22 bits per heavy atom. The minimum atomic E-state index is -0.211. The molecule has 0 unspecified atom stereocenters. The van der Waals surface area contributed by atoms with Crippen LogP contribution in [-0.2, 0) is 6.54 Å². The fourth-order valence-corrected chi connectivity index (χ4v) is 2.82. The highest BCUT2D eigenvalue weighted by molar-refractivity contribution is 5.79. The molecule has 0 amide bonds. The second-order valence-corrected chi connectivity index (χ2v) is 6.01. The van der Waals surface area contributed by atoms with Gasteiger partial charge in [-0.15, -0.1) is 0 Å². The summed E-state index contributed by atoms with van der Waals surface area (Å²) in [7, 11) is 0. The first kappa shape index (κ1) is 17.7. The molecule has 0 atom stereocenters. The molecule has 0 radical (unpaired) electrons. The topological polar surface area (TPSA) is 39.7 Å². The first-order valence-electron chi connectivity index (χ1n) is 8.77. The molecule has 0 saturated carbocycles. The van der Waals surface area contributed by atoms with Crippen molar-refractivity contribution in [3.63, 3.8) is 0 Å². The van der Waals surface area contributed by atoms with Crippen LogP contribution in [0, 0.1) is 5.82 Å². The molecule has 0 bridgehead atoms. The van der Waals surface area contributed by atoms with Gasteiger partial charge in [-0.1, -0.05) is 12.1 Å². The van der Waals surface area contributed by atoms with Gasteiger partial charge in [-0.25, -0.2) is 9.38 Å². The van der Waals surface area contributed by atoms with Crippen LogP contribution in [0.4, 0.5) is 4.39 Å². The third-order valence-corrected chi connectivity index (χ3v) is 4.05. The maximum atomic E-state index is 13.2. The van der Waals surface area contributed by atoms with Crippen molar-refractivity contribution in [2.24, 2.45) is 4.99 Å². The highest BCUT2D eigenvalue weighted by atomic mass is 19.1. The molecule has 1 fully saturated rings. The van der Waals surface area contributed by atoms with Crippen LogP contribution in [0.3, 0.4) is 0 Å². The smallest absolute Gasteiger partial charge is 0.191 e. The van der Waals surface area contributed by atoms with Crippen molar-refractivity contribution < 1.29 is 4.39 Å². The number of likely N-dealkylation sites (tertiary alicyclic amines) is 1. The van der Waals surface area contributed by atoms with E-state index in [9.17, 15) is 4.39 Å². The van der Waals surface area contributed by atoms with Crippen LogP contribution in [-0.4, -0.2) is 43.6 Å². The lowest BCUT2D eigenvalue weighted by molar-refractivity contribution is 0.330. The quantitative estimate of drug-likeness (QED) is 0.439. The number of rotatable bonds is 8. The van der Waals surface area contributed by atoms with E-state index in [1.54, 1.807) is 6.07 Å². The fraction of sp³-hybridized carbons (Fsp3) is 0.611. The zero-order valence-electron chi connectivity index (χ0n) is 14.2. The van der Waals surface area contributed by atoms with Crippen molar-refractivity contribution in [3.8, 4) is 0 Å². The molecule has 4 nitrogen and oxygen atoms in total. The lowest BCUT2D eigenvalue weighted by Gasteiger charge is -2.15. The monoisotopic (exact) mass is 320 g/mol. The van der Waals surface area contributed by atoms with Crippen LogP contribution in [0.15, 0.2) is 29.3 Å². The molecule has 2 N–H and O–H groups in total. The van der Waals surface area contributed by atoms with Crippen molar-refractivity contribution in [1.29, 1.82) is 0 Å². The summed E-state index contributed by atoms with van der Waals surface area (Å²) in [5.74, 6) is 0.593. The van der Waals surface area contributed by atoms with Gasteiger partial charge in [-0.05, 0) is 69.9 Å². The lowest BCUT2D eigenvalue weighted by Crippen LogP contribution is -2.38. The molecule has 1 saturated heterocycles. The SMILES string of the molecule is CCNC(=NCc1cccc(F)c1)NCCCCN1CCCC1.